The average Bonchev–Trinajstić information content (AvgIpc) is 3.22. The van der Waals surface area contributed by atoms with E-state index in [0.717, 1.165) is 36.2 Å². The molecule has 2 aromatic rings. The number of thiazole rings is 1. The van der Waals surface area contributed by atoms with E-state index < -0.39 is 0 Å². The summed E-state index contributed by atoms with van der Waals surface area (Å²) in [7, 11) is 5.66. The molecule has 1 atom stereocenters. The fraction of sp³-hybridized carbons (Fsp3) is 0.588. The number of hydrogen-bond donors (Lipinski definition) is 1. The molecule has 0 saturated heterocycles. The maximum Gasteiger partial charge on any atom is 0.194 e. The van der Waals surface area contributed by atoms with E-state index in [9.17, 15) is 0 Å². The maximum atomic E-state index is 5.33. The quantitative estimate of drug-likeness (QED) is 0.349. The van der Waals surface area contributed by atoms with Crippen LogP contribution in [0.3, 0.4) is 0 Å². The van der Waals surface area contributed by atoms with Gasteiger partial charge in [0.15, 0.2) is 5.96 Å². The van der Waals surface area contributed by atoms with Crippen molar-refractivity contribution in [1.29, 1.82) is 0 Å². The predicted molar refractivity (Wildman–Crippen MR) is 117 cm³/mol. The van der Waals surface area contributed by atoms with Gasteiger partial charge >= 0.3 is 0 Å². The van der Waals surface area contributed by atoms with Crippen LogP contribution in [0.4, 0.5) is 0 Å². The summed E-state index contributed by atoms with van der Waals surface area (Å²) in [4.78, 5) is 11.5. The zero-order valence-corrected chi connectivity index (χ0v) is 19.2. The van der Waals surface area contributed by atoms with E-state index in [1.165, 1.54) is 5.56 Å². The number of halogens is 1. The second-order valence-electron chi connectivity index (χ2n) is 5.92. The van der Waals surface area contributed by atoms with Crippen molar-refractivity contribution in [3.63, 3.8) is 0 Å². The van der Waals surface area contributed by atoms with Gasteiger partial charge in [0.1, 0.15) is 11.1 Å². The van der Waals surface area contributed by atoms with Gasteiger partial charge in [-0.1, -0.05) is 0 Å². The van der Waals surface area contributed by atoms with Crippen LogP contribution in [0.1, 0.15) is 36.2 Å². The number of aliphatic imine (C=N–C) groups is 1. The number of aryl methyl sites for hydroxylation is 1. The van der Waals surface area contributed by atoms with Crippen molar-refractivity contribution in [1.82, 2.24) is 25.0 Å². The van der Waals surface area contributed by atoms with Gasteiger partial charge in [0.05, 0.1) is 18.4 Å². The first-order valence-corrected chi connectivity index (χ1v) is 9.35. The number of nitrogens with one attached hydrogen (secondary N) is 1. The van der Waals surface area contributed by atoms with Gasteiger partial charge in [-0.3, -0.25) is 9.67 Å². The Morgan fingerprint density at radius 2 is 2.27 bits per heavy atom. The molecule has 0 aliphatic rings. The lowest BCUT2D eigenvalue weighted by Gasteiger charge is -2.21. The summed E-state index contributed by atoms with van der Waals surface area (Å²) < 4.78 is 7.15. The van der Waals surface area contributed by atoms with Crippen LogP contribution in [-0.4, -0.2) is 52.9 Å². The predicted octanol–water partition coefficient (Wildman–Crippen LogP) is 2.84. The van der Waals surface area contributed by atoms with E-state index in [0.29, 0.717) is 6.54 Å². The van der Waals surface area contributed by atoms with Gasteiger partial charge in [-0.15, -0.1) is 35.3 Å². The minimum Gasteiger partial charge on any atom is -0.375 e. The number of guanidine groups is 1. The number of rotatable bonds is 8. The Hall–Kier alpha value is -1.20. The average molecular weight is 492 g/mol. The minimum absolute atomic E-state index is 0. The lowest BCUT2D eigenvalue weighted by atomic mass is 10.2. The summed E-state index contributed by atoms with van der Waals surface area (Å²) in [5, 5.41) is 10.6. The fourth-order valence-electron chi connectivity index (χ4n) is 2.36. The topological polar surface area (TPSA) is 67.6 Å². The largest absolute Gasteiger partial charge is 0.375 e. The molecule has 0 amide bonds. The van der Waals surface area contributed by atoms with Gasteiger partial charge in [-0.05, 0) is 25.8 Å². The van der Waals surface area contributed by atoms with E-state index in [1.807, 2.05) is 38.1 Å². The van der Waals surface area contributed by atoms with E-state index in [2.05, 4.69) is 32.6 Å². The summed E-state index contributed by atoms with van der Waals surface area (Å²) in [6, 6.07) is 0. The molecule has 146 valence electrons. The van der Waals surface area contributed by atoms with E-state index in [-0.39, 0.29) is 30.1 Å². The maximum absolute atomic E-state index is 5.33. The molecule has 0 bridgehead atoms. The molecule has 0 saturated carbocycles. The Kier molecular flexibility index (Phi) is 10.1. The van der Waals surface area contributed by atoms with Crippen molar-refractivity contribution >= 4 is 41.3 Å². The molecule has 0 aliphatic heterocycles. The molecule has 0 fully saturated rings. The third-order valence-electron chi connectivity index (χ3n) is 3.79. The second kappa shape index (κ2) is 11.5. The molecule has 1 unspecified atom stereocenters. The molecule has 0 aromatic carbocycles. The van der Waals surface area contributed by atoms with Crippen LogP contribution >= 0.6 is 35.3 Å². The van der Waals surface area contributed by atoms with E-state index in [4.69, 9.17) is 9.73 Å². The molecule has 1 N–H and O–H groups in total. The van der Waals surface area contributed by atoms with Crippen molar-refractivity contribution in [3.8, 4) is 0 Å². The smallest absolute Gasteiger partial charge is 0.194 e. The molecule has 7 nitrogen and oxygen atoms in total. The van der Waals surface area contributed by atoms with Crippen LogP contribution in [0.25, 0.3) is 0 Å². The van der Waals surface area contributed by atoms with Gasteiger partial charge in [0.2, 0.25) is 0 Å². The Labute approximate surface area is 176 Å². The summed E-state index contributed by atoms with van der Waals surface area (Å²) in [5.74, 6) is 0.890. The first-order chi connectivity index (χ1) is 12.0. The molecular weight excluding hydrogens is 463 g/mol. The standard InChI is InChI=1S/C17H28N6OS.HI/c1-6-18-17(19-8-7-14-9-20-23(4)10-14)22(3)11-15-12-25-16(21-15)13(2)24-5;/h9-10,12-13H,6-8,11H2,1-5H3,(H,18,19);1H. The lowest BCUT2D eigenvalue weighted by molar-refractivity contribution is 0.119. The first kappa shape index (κ1) is 22.8. The molecule has 2 heterocycles. The molecular formula is C17H29IN6OS. The van der Waals surface area contributed by atoms with Crippen LogP contribution < -0.4 is 5.32 Å². The van der Waals surface area contributed by atoms with Gasteiger partial charge in [-0.25, -0.2) is 4.98 Å². The Morgan fingerprint density at radius 3 is 2.88 bits per heavy atom. The summed E-state index contributed by atoms with van der Waals surface area (Å²) in [6.45, 7) is 6.36. The minimum atomic E-state index is 0. The van der Waals surface area contributed by atoms with Crippen molar-refractivity contribution in [2.45, 2.75) is 32.9 Å². The van der Waals surface area contributed by atoms with E-state index >= 15 is 0 Å². The molecule has 2 rings (SSSR count). The third kappa shape index (κ3) is 6.84. The third-order valence-corrected chi connectivity index (χ3v) is 4.84. The van der Waals surface area contributed by atoms with Gasteiger partial charge in [-0.2, -0.15) is 5.10 Å². The van der Waals surface area contributed by atoms with Crippen molar-refractivity contribution in [2.24, 2.45) is 12.0 Å². The Bertz CT molecular complexity index is 686. The van der Waals surface area contributed by atoms with Crippen molar-refractivity contribution in [2.75, 3.05) is 27.2 Å². The zero-order valence-electron chi connectivity index (χ0n) is 16.1. The lowest BCUT2D eigenvalue weighted by Crippen LogP contribution is -2.38. The highest BCUT2D eigenvalue weighted by Gasteiger charge is 2.12. The Morgan fingerprint density at radius 1 is 1.50 bits per heavy atom. The van der Waals surface area contributed by atoms with Crippen molar-refractivity contribution < 1.29 is 4.74 Å². The Balaban J connectivity index is 0.00000338. The molecule has 26 heavy (non-hydrogen) atoms. The van der Waals surface area contributed by atoms with Gasteiger partial charge < -0.3 is 15.0 Å². The molecule has 9 heteroatoms. The normalized spacial score (nSPS) is 12.6. The fourth-order valence-corrected chi connectivity index (χ4v) is 3.20. The molecule has 0 radical (unpaired) electrons. The second-order valence-corrected chi connectivity index (χ2v) is 6.81. The van der Waals surface area contributed by atoms with Crippen LogP contribution in [0.15, 0.2) is 22.8 Å². The highest BCUT2D eigenvalue weighted by atomic mass is 127. The summed E-state index contributed by atoms with van der Waals surface area (Å²) in [6.07, 6.45) is 4.83. The highest BCUT2D eigenvalue weighted by molar-refractivity contribution is 14.0. The van der Waals surface area contributed by atoms with Gasteiger partial charge in [0.25, 0.3) is 0 Å². The van der Waals surface area contributed by atoms with Crippen LogP contribution in [0, 0.1) is 0 Å². The molecule has 0 spiro atoms. The van der Waals surface area contributed by atoms with Crippen molar-refractivity contribution in [3.05, 3.63) is 34.0 Å². The molecule has 2 aromatic heterocycles. The SMILES string of the molecule is CCNC(=NCCc1cnn(C)c1)N(C)Cc1csc(C(C)OC)n1.I. The first-order valence-electron chi connectivity index (χ1n) is 8.47. The molecule has 0 aliphatic carbocycles. The van der Waals surface area contributed by atoms with E-state index in [1.54, 1.807) is 18.4 Å². The highest BCUT2D eigenvalue weighted by Crippen LogP contribution is 2.20. The summed E-state index contributed by atoms with van der Waals surface area (Å²) >= 11 is 1.63. The zero-order chi connectivity index (χ0) is 18.2. The summed E-state index contributed by atoms with van der Waals surface area (Å²) in [5.41, 5.74) is 2.23. The van der Waals surface area contributed by atoms with Crippen LogP contribution in [-0.2, 0) is 24.8 Å². The number of aromatic nitrogens is 3. The number of hydrogen-bond acceptors (Lipinski definition) is 5. The number of methoxy groups -OCH3 is 1. The van der Waals surface area contributed by atoms with Crippen LogP contribution in [0.2, 0.25) is 0 Å². The number of ether oxygens (including phenoxy) is 1. The number of nitrogens with zero attached hydrogens (tertiary/aromatic N) is 5. The van der Waals surface area contributed by atoms with Crippen LogP contribution in [0.5, 0.6) is 0 Å². The van der Waals surface area contributed by atoms with Gasteiger partial charge in [0, 0.05) is 45.9 Å². The monoisotopic (exact) mass is 492 g/mol.